The molecule has 0 aliphatic rings. The van der Waals surface area contributed by atoms with E-state index in [1.165, 1.54) is 12.3 Å². The molecular formula is C19H13BF2N2O2. The van der Waals surface area contributed by atoms with Gasteiger partial charge in [0.1, 0.15) is 5.76 Å². The molecule has 4 nitrogen and oxygen atoms in total. The Morgan fingerprint density at radius 2 is 1.62 bits per heavy atom. The van der Waals surface area contributed by atoms with E-state index in [2.05, 4.69) is 14.6 Å². The summed E-state index contributed by atoms with van der Waals surface area (Å²) in [6, 6.07) is 16.7. The van der Waals surface area contributed by atoms with Crippen LogP contribution in [0.2, 0.25) is 0 Å². The molecule has 3 rings (SSSR count). The Kier molecular flexibility index (Phi) is 5.48. The molecule has 2 aromatic heterocycles. The zero-order valence-electron chi connectivity index (χ0n) is 13.5. The summed E-state index contributed by atoms with van der Waals surface area (Å²) in [5.41, 5.74) is 1.76. The number of benzene rings is 1. The van der Waals surface area contributed by atoms with Gasteiger partial charge in [-0.2, -0.15) is 0 Å². The molecule has 0 amide bonds. The maximum atomic E-state index is 12.8. The fourth-order valence-corrected chi connectivity index (χ4v) is 2.32. The Hall–Kier alpha value is -3.35. The quantitative estimate of drug-likeness (QED) is 0.288. The van der Waals surface area contributed by atoms with E-state index < -0.39 is 13.3 Å². The summed E-state index contributed by atoms with van der Waals surface area (Å²) < 4.78 is 30.3. The number of hydrogen-bond acceptors (Lipinski definition) is 4. The van der Waals surface area contributed by atoms with Crippen LogP contribution in [-0.4, -0.2) is 23.2 Å². The van der Waals surface area contributed by atoms with E-state index in [4.69, 9.17) is 0 Å². The zero-order chi connectivity index (χ0) is 18.4. The molecule has 0 fully saturated rings. The lowest BCUT2D eigenvalue weighted by molar-refractivity contribution is 0.104. The van der Waals surface area contributed by atoms with Crippen LogP contribution in [0.25, 0.3) is 17.1 Å². The van der Waals surface area contributed by atoms with Gasteiger partial charge in [0.05, 0.1) is 11.4 Å². The van der Waals surface area contributed by atoms with E-state index in [-0.39, 0.29) is 5.76 Å². The minimum absolute atomic E-state index is 0.228. The van der Waals surface area contributed by atoms with E-state index in [1.807, 2.05) is 0 Å². The number of hydrogen-bond donors (Lipinski definition) is 0. The van der Waals surface area contributed by atoms with Crippen molar-refractivity contribution in [2.45, 2.75) is 0 Å². The highest BCUT2D eigenvalue weighted by molar-refractivity contribution is 6.36. The predicted octanol–water partition coefficient (Wildman–Crippen LogP) is 4.31. The van der Waals surface area contributed by atoms with Crippen LogP contribution < -0.4 is 0 Å². The fraction of sp³-hybridized carbons (Fsp3) is 0. The molecule has 3 aromatic rings. The third-order valence-corrected chi connectivity index (χ3v) is 3.51. The number of aromatic nitrogens is 2. The summed E-state index contributed by atoms with van der Waals surface area (Å²) in [6.45, 7) is 0. The van der Waals surface area contributed by atoms with Crippen molar-refractivity contribution in [2.24, 2.45) is 0 Å². The highest BCUT2D eigenvalue weighted by Gasteiger charge is 2.21. The van der Waals surface area contributed by atoms with Gasteiger partial charge >= 0.3 is 7.47 Å². The Morgan fingerprint density at radius 3 is 2.31 bits per heavy atom. The van der Waals surface area contributed by atoms with Crippen LogP contribution in [0.15, 0.2) is 79.1 Å². The first-order chi connectivity index (χ1) is 12.6. The fourth-order valence-electron chi connectivity index (χ4n) is 2.32. The largest absolute Gasteiger partial charge is 0.796 e. The van der Waals surface area contributed by atoms with Crippen molar-refractivity contribution < 1.29 is 18.1 Å². The molecule has 7 heteroatoms. The van der Waals surface area contributed by atoms with E-state index >= 15 is 0 Å². The number of carbonyl (C=O) groups is 1. The van der Waals surface area contributed by atoms with E-state index in [1.54, 1.807) is 60.8 Å². The third kappa shape index (κ3) is 4.39. The van der Waals surface area contributed by atoms with Gasteiger partial charge in [0.2, 0.25) is 0 Å². The Morgan fingerprint density at radius 1 is 0.885 bits per heavy atom. The number of pyridine rings is 2. The smallest absolute Gasteiger partial charge is 0.505 e. The molecule has 0 bridgehead atoms. The highest BCUT2D eigenvalue weighted by Crippen LogP contribution is 2.23. The maximum Gasteiger partial charge on any atom is 0.796 e. The molecule has 0 N–H and O–H groups in total. The first-order valence-electron chi connectivity index (χ1n) is 7.77. The summed E-state index contributed by atoms with van der Waals surface area (Å²) in [5, 5.41) is 0. The normalized spacial score (nSPS) is 11.1. The SMILES string of the molecule is O=C(/C=C(\OB(F)F)c1ccnc(-c2ccccn2)c1)c1ccccc1. The van der Waals surface area contributed by atoms with Crippen LogP contribution >= 0.6 is 0 Å². The van der Waals surface area contributed by atoms with Gasteiger partial charge in [0.15, 0.2) is 5.78 Å². The standard InChI is InChI=1S/C19H13BF2N2O2/c21-20(22)26-19(13-18(25)14-6-2-1-3-7-14)15-9-11-24-17(12-15)16-8-4-5-10-23-16/h1-13H/b19-13-. The minimum atomic E-state index is -3.06. The Balaban J connectivity index is 1.98. The second-order valence-electron chi connectivity index (χ2n) is 5.26. The summed E-state index contributed by atoms with van der Waals surface area (Å²) in [4.78, 5) is 20.7. The van der Waals surface area contributed by atoms with Gasteiger partial charge in [-0.1, -0.05) is 36.4 Å². The highest BCUT2D eigenvalue weighted by atomic mass is 19.2. The van der Waals surface area contributed by atoms with Gasteiger partial charge in [0, 0.05) is 29.6 Å². The maximum absolute atomic E-state index is 12.8. The number of allylic oxidation sites excluding steroid dienone is 1. The van der Waals surface area contributed by atoms with E-state index in [9.17, 15) is 13.4 Å². The molecule has 0 aliphatic heterocycles. The molecule has 0 unspecified atom stereocenters. The molecule has 0 radical (unpaired) electrons. The average molecular weight is 350 g/mol. The predicted molar refractivity (Wildman–Crippen MR) is 95.3 cm³/mol. The number of carbonyl (C=O) groups excluding carboxylic acids is 1. The third-order valence-electron chi connectivity index (χ3n) is 3.51. The van der Waals surface area contributed by atoms with Crippen molar-refractivity contribution in [2.75, 3.05) is 0 Å². The molecule has 0 atom stereocenters. The van der Waals surface area contributed by atoms with Crippen molar-refractivity contribution in [3.8, 4) is 11.4 Å². The van der Waals surface area contributed by atoms with Crippen molar-refractivity contribution in [1.29, 1.82) is 0 Å². The van der Waals surface area contributed by atoms with Gasteiger partial charge in [-0.05, 0) is 24.3 Å². The Labute approximate surface area is 149 Å². The van der Waals surface area contributed by atoms with Gasteiger partial charge in [-0.15, -0.1) is 0 Å². The lowest BCUT2D eigenvalue weighted by Crippen LogP contribution is -2.07. The first kappa shape index (κ1) is 17.5. The number of halogens is 2. The molecule has 26 heavy (non-hydrogen) atoms. The summed E-state index contributed by atoms with van der Waals surface area (Å²) >= 11 is 0. The van der Waals surface area contributed by atoms with Gasteiger partial charge < -0.3 is 4.65 Å². The lowest BCUT2D eigenvalue weighted by Gasteiger charge is -2.10. The summed E-state index contributed by atoms with van der Waals surface area (Å²) in [5.74, 6) is -0.661. The van der Waals surface area contributed by atoms with Crippen LogP contribution in [0.4, 0.5) is 8.63 Å². The molecular weight excluding hydrogens is 337 g/mol. The molecule has 1 aromatic carbocycles. The van der Waals surface area contributed by atoms with Crippen molar-refractivity contribution >= 4 is 19.0 Å². The van der Waals surface area contributed by atoms with Crippen LogP contribution in [0, 0.1) is 0 Å². The van der Waals surface area contributed by atoms with E-state index in [0.29, 0.717) is 22.5 Å². The number of rotatable bonds is 6. The number of ketones is 1. The van der Waals surface area contributed by atoms with Crippen molar-refractivity contribution in [3.63, 3.8) is 0 Å². The van der Waals surface area contributed by atoms with Crippen LogP contribution in [0.1, 0.15) is 15.9 Å². The van der Waals surface area contributed by atoms with Gasteiger partial charge in [-0.3, -0.25) is 14.8 Å². The lowest BCUT2D eigenvalue weighted by atomic mass is 10.1. The second kappa shape index (κ2) is 8.16. The summed E-state index contributed by atoms with van der Waals surface area (Å²) in [6.07, 6.45) is 4.11. The van der Waals surface area contributed by atoms with E-state index in [0.717, 1.165) is 6.08 Å². The topological polar surface area (TPSA) is 52.1 Å². The molecule has 2 heterocycles. The van der Waals surface area contributed by atoms with Gasteiger partial charge in [-0.25, -0.2) is 8.63 Å². The molecule has 0 saturated heterocycles. The van der Waals surface area contributed by atoms with Crippen LogP contribution in [-0.2, 0) is 4.65 Å². The zero-order valence-corrected chi connectivity index (χ0v) is 13.5. The second-order valence-corrected chi connectivity index (χ2v) is 5.26. The Bertz CT molecular complexity index is 919. The van der Waals surface area contributed by atoms with Gasteiger partial charge in [0.25, 0.3) is 0 Å². The summed E-state index contributed by atoms with van der Waals surface area (Å²) in [7, 11) is -3.06. The van der Waals surface area contributed by atoms with Crippen LogP contribution in [0.5, 0.6) is 0 Å². The first-order valence-corrected chi connectivity index (χ1v) is 7.77. The minimum Gasteiger partial charge on any atom is -0.505 e. The molecule has 0 saturated carbocycles. The molecule has 0 spiro atoms. The van der Waals surface area contributed by atoms with Crippen molar-refractivity contribution in [3.05, 3.63) is 90.3 Å². The van der Waals surface area contributed by atoms with Crippen molar-refractivity contribution in [1.82, 2.24) is 9.97 Å². The average Bonchev–Trinajstić information content (AvgIpc) is 2.68. The molecule has 0 aliphatic carbocycles. The number of nitrogens with zero attached hydrogens (tertiary/aromatic N) is 2. The van der Waals surface area contributed by atoms with Crippen LogP contribution in [0.3, 0.4) is 0 Å². The monoisotopic (exact) mass is 350 g/mol. The molecule has 128 valence electrons.